The van der Waals surface area contributed by atoms with Crippen molar-refractivity contribution >= 4 is 31.6 Å². The van der Waals surface area contributed by atoms with Gasteiger partial charge in [0.05, 0.1) is 5.75 Å². The summed E-state index contributed by atoms with van der Waals surface area (Å²) >= 11 is 3.30. The van der Waals surface area contributed by atoms with Crippen molar-refractivity contribution in [3.63, 3.8) is 0 Å². The Hall–Kier alpha value is -0.690. The van der Waals surface area contributed by atoms with Gasteiger partial charge in [-0.15, -0.1) is 0 Å². The zero-order chi connectivity index (χ0) is 13.1. The average molecular weight is 322 g/mol. The van der Waals surface area contributed by atoms with Gasteiger partial charge in [-0.3, -0.25) is 0 Å². The summed E-state index contributed by atoms with van der Waals surface area (Å²) < 4.78 is 22.7. The van der Waals surface area contributed by atoms with Crippen molar-refractivity contribution in [2.75, 3.05) is 23.9 Å². The molecule has 0 aromatic carbocycles. The van der Waals surface area contributed by atoms with Crippen LogP contribution < -0.4 is 5.32 Å². The highest BCUT2D eigenvalue weighted by Crippen LogP contribution is 2.17. The third kappa shape index (κ3) is 5.45. The van der Waals surface area contributed by atoms with Gasteiger partial charge in [-0.1, -0.05) is 13.8 Å². The van der Waals surface area contributed by atoms with E-state index in [1.165, 1.54) is 6.26 Å². The molecule has 5 nitrogen and oxygen atoms in total. The number of nitrogens with zero attached hydrogens (tertiary/aromatic N) is 2. The molecule has 0 unspecified atom stereocenters. The Kier molecular flexibility index (Phi) is 4.88. The largest absolute Gasteiger partial charge is 0.369 e. The number of rotatable bonds is 5. The van der Waals surface area contributed by atoms with Crippen LogP contribution in [0.1, 0.15) is 25.6 Å². The second-order valence-corrected chi connectivity index (χ2v) is 7.22. The molecule has 0 aliphatic carbocycles. The van der Waals surface area contributed by atoms with Gasteiger partial charge in [0.1, 0.15) is 26.1 Å². The van der Waals surface area contributed by atoms with Crippen molar-refractivity contribution in [1.29, 1.82) is 0 Å². The van der Waals surface area contributed by atoms with Gasteiger partial charge in [-0.2, -0.15) is 0 Å². The fourth-order valence-corrected chi connectivity index (χ4v) is 2.02. The lowest BCUT2D eigenvalue weighted by Gasteiger charge is -2.09. The zero-order valence-corrected chi connectivity index (χ0v) is 12.5. The van der Waals surface area contributed by atoms with Crippen molar-refractivity contribution in [2.45, 2.75) is 19.8 Å². The van der Waals surface area contributed by atoms with Crippen LogP contribution in [-0.2, 0) is 9.84 Å². The van der Waals surface area contributed by atoms with Gasteiger partial charge in [0.25, 0.3) is 0 Å². The van der Waals surface area contributed by atoms with Crippen LogP contribution in [0.15, 0.2) is 10.7 Å². The fraction of sp³-hybridized carbons (Fsp3) is 0.600. The predicted octanol–water partition coefficient (Wildman–Crippen LogP) is 1.82. The standard InChI is InChI=1S/C10H16BrN3O2S/c1-7(2)10-13-8(11)6-9(14-10)12-4-5-17(3,15)16/h6-7H,4-5H2,1-3H3,(H,12,13,14). The Balaban J connectivity index is 2.71. The Morgan fingerprint density at radius 1 is 1.41 bits per heavy atom. The average Bonchev–Trinajstić information content (AvgIpc) is 2.14. The SMILES string of the molecule is CC(C)c1nc(Br)cc(NCCS(C)(=O)=O)n1. The third-order valence-electron chi connectivity index (χ3n) is 2.01. The molecule has 1 aromatic rings. The summed E-state index contributed by atoms with van der Waals surface area (Å²) in [7, 11) is -2.95. The third-order valence-corrected chi connectivity index (χ3v) is 3.36. The van der Waals surface area contributed by atoms with Crippen LogP contribution in [0.5, 0.6) is 0 Å². The summed E-state index contributed by atoms with van der Waals surface area (Å²) in [5, 5.41) is 2.98. The minimum Gasteiger partial charge on any atom is -0.369 e. The van der Waals surface area contributed by atoms with Crippen LogP contribution >= 0.6 is 15.9 Å². The molecule has 1 heterocycles. The van der Waals surface area contributed by atoms with E-state index in [1.807, 2.05) is 13.8 Å². The summed E-state index contributed by atoms with van der Waals surface area (Å²) in [6.07, 6.45) is 1.21. The van der Waals surface area contributed by atoms with Gasteiger partial charge in [0, 0.05) is 24.8 Å². The monoisotopic (exact) mass is 321 g/mol. The molecule has 0 aliphatic heterocycles. The van der Waals surface area contributed by atoms with E-state index in [2.05, 4.69) is 31.2 Å². The first-order valence-corrected chi connectivity index (χ1v) is 8.09. The molecule has 0 amide bonds. The summed E-state index contributed by atoms with van der Waals surface area (Å²) in [5.41, 5.74) is 0. The maximum Gasteiger partial charge on any atom is 0.149 e. The molecule has 0 aliphatic rings. The first-order valence-electron chi connectivity index (χ1n) is 5.24. The molecule has 0 saturated heterocycles. The second-order valence-electron chi connectivity index (χ2n) is 4.15. The lowest BCUT2D eigenvalue weighted by molar-refractivity contribution is 0.602. The smallest absolute Gasteiger partial charge is 0.149 e. The van der Waals surface area contributed by atoms with Crippen molar-refractivity contribution in [2.24, 2.45) is 0 Å². The Morgan fingerprint density at radius 2 is 2.06 bits per heavy atom. The molecule has 17 heavy (non-hydrogen) atoms. The van der Waals surface area contributed by atoms with Gasteiger partial charge in [-0.25, -0.2) is 18.4 Å². The van der Waals surface area contributed by atoms with Gasteiger partial charge in [0.2, 0.25) is 0 Å². The number of aromatic nitrogens is 2. The molecule has 1 N–H and O–H groups in total. The van der Waals surface area contributed by atoms with Gasteiger partial charge in [-0.05, 0) is 15.9 Å². The molecule has 0 spiro atoms. The number of hydrogen-bond acceptors (Lipinski definition) is 5. The Labute approximate surface area is 110 Å². The maximum absolute atomic E-state index is 11.0. The van der Waals surface area contributed by atoms with Gasteiger partial charge < -0.3 is 5.32 Å². The summed E-state index contributed by atoms with van der Waals surface area (Å²) in [6, 6.07) is 1.73. The summed E-state index contributed by atoms with van der Waals surface area (Å²) in [6.45, 7) is 4.35. The number of anilines is 1. The maximum atomic E-state index is 11.0. The molecule has 0 fully saturated rings. The number of hydrogen-bond donors (Lipinski definition) is 1. The highest BCUT2D eigenvalue weighted by molar-refractivity contribution is 9.10. The van der Waals surface area contributed by atoms with E-state index in [9.17, 15) is 8.42 Å². The predicted molar refractivity (Wildman–Crippen MR) is 72.0 cm³/mol. The fourth-order valence-electron chi connectivity index (χ4n) is 1.15. The minimum absolute atomic E-state index is 0.0889. The normalized spacial score (nSPS) is 11.8. The Morgan fingerprint density at radius 3 is 2.59 bits per heavy atom. The van der Waals surface area contributed by atoms with Crippen LogP contribution in [0.4, 0.5) is 5.82 Å². The molecule has 0 atom stereocenters. The Bertz CT molecular complexity index is 488. The van der Waals surface area contributed by atoms with Crippen molar-refractivity contribution in [1.82, 2.24) is 9.97 Å². The summed E-state index contributed by atoms with van der Waals surface area (Å²) in [4.78, 5) is 8.54. The molecular formula is C10H16BrN3O2S. The molecule has 96 valence electrons. The van der Waals surface area contributed by atoms with Crippen LogP contribution in [0.25, 0.3) is 0 Å². The van der Waals surface area contributed by atoms with Crippen molar-refractivity contribution in [3.8, 4) is 0 Å². The molecule has 1 rings (SSSR count). The molecule has 7 heteroatoms. The summed E-state index contributed by atoms with van der Waals surface area (Å²) in [5.74, 6) is 1.68. The zero-order valence-electron chi connectivity index (χ0n) is 10.1. The van der Waals surface area contributed by atoms with E-state index < -0.39 is 9.84 Å². The van der Waals surface area contributed by atoms with Crippen molar-refractivity contribution < 1.29 is 8.42 Å². The first-order chi connectivity index (χ1) is 7.78. The number of halogens is 1. The minimum atomic E-state index is -2.95. The lowest BCUT2D eigenvalue weighted by Crippen LogP contribution is -2.15. The van der Waals surface area contributed by atoms with E-state index in [0.717, 1.165) is 5.82 Å². The molecular weight excluding hydrogens is 306 g/mol. The topological polar surface area (TPSA) is 72.0 Å². The van der Waals surface area contributed by atoms with Gasteiger partial charge >= 0.3 is 0 Å². The quantitative estimate of drug-likeness (QED) is 0.837. The van der Waals surface area contributed by atoms with Crippen molar-refractivity contribution in [3.05, 3.63) is 16.5 Å². The van der Waals surface area contributed by atoms with E-state index in [4.69, 9.17) is 0 Å². The van der Waals surface area contributed by atoms with Crippen LogP contribution in [0.2, 0.25) is 0 Å². The number of sulfone groups is 1. The lowest BCUT2D eigenvalue weighted by atomic mass is 10.2. The van der Waals surface area contributed by atoms with Crippen LogP contribution in [0.3, 0.4) is 0 Å². The second kappa shape index (κ2) is 5.77. The van der Waals surface area contributed by atoms with E-state index in [0.29, 0.717) is 17.0 Å². The van der Waals surface area contributed by atoms with E-state index in [-0.39, 0.29) is 11.7 Å². The van der Waals surface area contributed by atoms with Gasteiger partial charge in [0.15, 0.2) is 0 Å². The molecule has 0 bridgehead atoms. The highest BCUT2D eigenvalue weighted by Gasteiger charge is 2.07. The molecule has 1 aromatic heterocycles. The molecule has 0 saturated carbocycles. The van der Waals surface area contributed by atoms with E-state index in [1.54, 1.807) is 6.07 Å². The van der Waals surface area contributed by atoms with Crippen LogP contribution in [0, 0.1) is 0 Å². The highest BCUT2D eigenvalue weighted by atomic mass is 79.9. The van der Waals surface area contributed by atoms with Crippen LogP contribution in [-0.4, -0.2) is 36.9 Å². The van der Waals surface area contributed by atoms with E-state index >= 15 is 0 Å². The first kappa shape index (κ1) is 14.4. The molecule has 0 radical (unpaired) electrons. The number of nitrogens with one attached hydrogen (secondary N) is 1.